The topological polar surface area (TPSA) is 67.8 Å². The lowest BCUT2D eigenvalue weighted by molar-refractivity contribution is 0.0309. The van der Waals surface area contributed by atoms with Crippen LogP contribution in [0, 0.1) is 11.3 Å². The molecule has 0 aromatic heterocycles. The number of amides is 1. The first-order valence-electron chi connectivity index (χ1n) is 7.79. The van der Waals surface area contributed by atoms with Gasteiger partial charge in [0.25, 0.3) is 0 Å². The van der Waals surface area contributed by atoms with E-state index in [1.54, 1.807) is 0 Å². The monoisotopic (exact) mass is 303 g/mol. The lowest BCUT2D eigenvalue weighted by Gasteiger charge is -2.34. The van der Waals surface area contributed by atoms with Crippen LogP contribution in [0.15, 0.2) is 0 Å². The van der Waals surface area contributed by atoms with Gasteiger partial charge in [-0.05, 0) is 46.5 Å². The van der Waals surface area contributed by atoms with E-state index in [4.69, 9.17) is 9.47 Å². The number of rotatable bonds is 9. The number of aliphatic hydroxyl groups excluding tert-OH is 1. The molecule has 0 aliphatic carbocycles. The minimum absolute atomic E-state index is 0.0219. The highest BCUT2D eigenvalue weighted by molar-refractivity contribution is 5.67. The van der Waals surface area contributed by atoms with E-state index >= 15 is 0 Å². The van der Waals surface area contributed by atoms with Gasteiger partial charge in [-0.25, -0.2) is 4.79 Å². The fraction of sp³-hybridized carbons (Fsp3) is 0.938. The second kappa shape index (κ2) is 9.26. The lowest BCUT2D eigenvalue weighted by atomic mass is 9.78. The molecule has 0 aliphatic heterocycles. The number of alkyl carbamates (subject to hydrolysis) is 1. The third kappa shape index (κ3) is 9.69. The first-order valence-corrected chi connectivity index (χ1v) is 7.79. The van der Waals surface area contributed by atoms with Gasteiger partial charge in [0.15, 0.2) is 0 Å². The molecule has 0 fully saturated rings. The third-order valence-electron chi connectivity index (χ3n) is 3.16. The highest BCUT2D eigenvalue weighted by atomic mass is 16.6. The summed E-state index contributed by atoms with van der Waals surface area (Å²) in [5.41, 5.74) is -0.879. The lowest BCUT2D eigenvalue weighted by Crippen LogP contribution is -2.43. The Bertz CT molecular complexity index is 299. The second-order valence-corrected chi connectivity index (χ2v) is 7.06. The maximum absolute atomic E-state index is 11.8. The average molecular weight is 303 g/mol. The van der Waals surface area contributed by atoms with Crippen molar-refractivity contribution in [2.75, 3.05) is 26.4 Å². The Labute approximate surface area is 129 Å². The molecule has 0 heterocycles. The molecule has 0 aromatic carbocycles. The number of hydrogen-bond acceptors (Lipinski definition) is 4. The maximum atomic E-state index is 11.8. The Morgan fingerprint density at radius 2 is 1.90 bits per heavy atom. The van der Waals surface area contributed by atoms with Crippen molar-refractivity contribution < 1.29 is 19.4 Å². The van der Waals surface area contributed by atoms with Crippen LogP contribution in [-0.4, -0.2) is 43.2 Å². The van der Waals surface area contributed by atoms with Gasteiger partial charge in [-0.15, -0.1) is 0 Å². The number of hydrogen-bond donors (Lipinski definition) is 2. The molecule has 0 spiro atoms. The summed E-state index contributed by atoms with van der Waals surface area (Å²) in [5, 5.41) is 12.6. The highest BCUT2D eigenvalue weighted by Crippen LogP contribution is 2.29. The van der Waals surface area contributed by atoms with E-state index in [9.17, 15) is 9.90 Å². The first kappa shape index (κ1) is 20.2. The maximum Gasteiger partial charge on any atom is 0.407 e. The Kier molecular flexibility index (Phi) is 8.90. The van der Waals surface area contributed by atoms with Gasteiger partial charge < -0.3 is 19.9 Å². The van der Waals surface area contributed by atoms with Gasteiger partial charge in [0.1, 0.15) is 5.60 Å². The summed E-state index contributed by atoms with van der Waals surface area (Å²) in [6.45, 7) is 13.3. The van der Waals surface area contributed by atoms with Gasteiger partial charge in [0.2, 0.25) is 0 Å². The standard InChI is InChI=1S/C16H33NO4/c1-7-20-9-8-16(12-18,10-13(2)3)11-17-14(19)21-15(4,5)6/h13,18H,7-12H2,1-6H3,(H,17,19). The quantitative estimate of drug-likeness (QED) is 0.643. The average Bonchev–Trinajstić information content (AvgIpc) is 2.33. The van der Waals surface area contributed by atoms with E-state index < -0.39 is 11.7 Å². The first-order chi connectivity index (χ1) is 9.64. The van der Waals surface area contributed by atoms with Gasteiger partial charge in [0.05, 0.1) is 6.61 Å². The minimum Gasteiger partial charge on any atom is -0.444 e. The zero-order valence-electron chi connectivity index (χ0n) is 14.5. The zero-order valence-corrected chi connectivity index (χ0v) is 14.5. The normalized spacial score (nSPS) is 14.9. The van der Waals surface area contributed by atoms with Crippen LogP contribution >= 0.6 is 0 Å². The molecule has 5 nitrogen and oxygen atoms in total. The number of carbonyl (C=O) groups is 1. The van der Waals surface area contributed by atoms with Crippen LogP contribution in [0.5, 0.6) is 0 Å². The molecule has 0 saturated carbocycles. The fourth-order valence-electron chi connectivity index (χ4n) is 2.34. The van der Waals surface area contributed by atoms with Crippen molar-refractivity contribution in [1.29, 1.82) is 0 Å². The summed E-state index contributed by atoms with van der Waals surface area (Å²) in [5.74, 6) is 0.430. The van der Waals surface area contributed by atoms with Crippen molar-refractivity contribution in [2.45, 2.75) is 60.0 Å². The van der Waals surface area contributed by atoms with Gasteiger partial charge in [-0.2, -0.15) is 0 Å². The summed E-state index contributed by atoms with van der Waals surface area (Å²) in [6, 6.07) is 0. The Hall–Kier alpha value is -0.810. The van der Waals surface area contributed by atoms with Gasteiger partial charge in [-0.1, -0.05) is 13.8 Å². The predicted molar refractivity (Wildman–Crippen MR) is 84.3 cm³/mol. The van der Waals surface area contributed by atoms with Crippen molar-refractivity contribution in [1.82, 2.24) is 5.32 Å². The van der Waals surface area contributed by atoms with E-state index in [0.717, 1.165) is 6.42 Å². The molecule has 0 bridgehead atoms. The van der Waals surface area contributed by atoms with Crippen molar-refractivity contribution >= 4 is 6.09 Å². The van der Waals surface area contributed by atoms with E-state index in [1.165, 1.54) is 0 Å². The molecule has 21 heavy (non-hydrogen) atoms. The third-order valence-corrected chi connectivity index (χ3v) is 3.16. The smallest absolute Gasteiger partial charge is 0.407 e. The largest absolute Gasteiger partial charge is 0.444 e. The second-order valence-electron chi connectivity index (χ2n) is 7.06. The molecular weight excluding hydrogens is 270 g/mol. The van der Waals surface area contributed by atoms with E-state index in [-0.39, 0.29) is 12.0 Å². The molecule has 0 aliphatic rings. The van der Waals surface area contributed by atoms with E-state index in [0.29, 0.717) is 32.1 Å². The molecule has 0 radical (unpaired) electrons. The minimum atomic E-state index is -0.519. The summed E-state index contributed by atoms with van der Waals surface area (Å²) in [6.07, 6.45) is 1.10. The molecule has 0 aromatic rings. The van der Waals surface area contributed by atoms with E-state index in [1.807, 2.05) is 27.7 Å². The van der Waals surface area contributed by atoms with Crippen LogP contribution in [0.3, 0.4) is 0 Å². The van der Waals surface area contributed by atoms with Crippen LogP contribution in [-0.2, 0) is 9.47 Å². The Balaban J connectivity index is 4.60. The fourth-order valence-corrected chi connectivity index (χ4v) is 2.34. The molecule has 1 amide bonds. The summed E-state index contributed by atoms with van der Waals surface area (Å²) >= 11 is 0. The number of aliphatic hydroxyl groups is 1. The molecule has 1 unspecified atom stereocenters. The molecule has 0 saturated heterocycles. The number of nitrogens with one attached hydrogen (secondary N) is 1. The molecule has 1 atom stereocenters. The Morgan fingerprint density at radius 3 is 2.33 bits per heavy atom. The van der Waals surface area contributed by atoms with Crippen LogP contribution in [0.25, 0.3) is 0 Å². The summed E-state index contributed by atoms with van der Waals surface area (Å²) in [4.78, 5) is 11.8. The van der Waals surface area contributed by atoms with Crippen molar-refractivity contribution in [2.24, 2.45) is 11.3 Å². The highest BCUT2D eigenvalue weighted by Gasteiger charge is 2.31. The van der Waals surface area contributed by atoms with E-state index in [2.05, 4.69) is 19.2 Å². The van der Waals surface area contributed by atoms with Crippen LogP contribution in [0.1, 0.15) is 54.4 Å². The molecule has 2 N–H and O–H groups in total. The Morgan fingerprint density at radius 1 is 1.29 bits per heavy atom. The van der Waals surface area contributed by atoms with Crippen LogP contribution in [0.4, 0.5) is 4.79 Å². The van der Waals surface area contributed by atoms with Crippen LogP contribution in [0.2, 0.25) is 0 Å². The summed E-state index contributed by atoms with van der Waals surface area (Å²) < 4.78 is 10.7. The predicted octanol–water partition coefficient (Wildman–Crippen LogP) is 2.96. The van der Waals surface area contributed by atoms with Crippen molar-refractivity contribution in [3.05, 3.63) is 0 Å². The number of ether oxygens (including phenoxy) is 2. The number of carbonyl (C=O) groups excluding carboxylic acids is 1. The zero-order chi connectivity index (χ0) is 16.5. The molecule has 5 heteroatoms. The summed E-state index contributed by atoms with van der Waals surface area (Å²) in [7, 11) is 0. The molecule has 0 rings (SSSR count). The molecular formula is C16H33NO4. The van der Waals surface area contributed by atoms with Gasteiger partial charge >= 0.3 is 6.09 Å². The molecule has 126 valence electrons. The van der Waals surface area contributed by atoms with Gasteiger partial charge in [-0.3, -0.25) is 0 Å². The van der Waals surface area contributed by atoms with Crippen LogP contribution < -0.4 is 5.32 Å². The van der Waals surface area contributed by atoms with Crippen molar-refractivity contribution in [3.63, 3.8) is 0 Å². The van der Waals surface area contributed by atoms with Gasteiger partial charge in [0, 0.05) is 25.2 Å². The SMILES string of the molecule is CCOCCC(CO)(CNC(=O)OC(C)(C)C)CC(C)C. The van der Waals surface area contributed by atoms with Crippen molar-refractivity contribution in [3.8, 4) is 0 Å².